The van der Waals surface area contributed by atoms with Crippen molar-refractivity contribution in [2.45, 2.75) is 40.5 Å². The lowest BCUT2D eigenvalue weighted by molar-refractivity contribution is -0.118. The summed E-state index contributed by atoms with van der Waals surface area (Å²) in [5.41, 5.74) is 6.91. The van der Waals surface area contributed by atoms with E-state index in [0.717, 1.165) is 33.9 Å². The molecule has 154 valence electrons. The van der Waals surface area contributed by atoms with Crippen LogP contribution < -0.4 is 4.90 Å². The van der Waals surface area contributed by atoms with Crippen LogP contribution in [0.2, 0.25) is 0 Å². The normalized spacial score (nSPS) is 11.4. The van der Waals surface area contributed by atoms with Crippen molar-refractivity contribution < 1.29 is 4.79 Å². The van der Waals surface area contributed by atoms with Gasteiger partial charge in [0.1, 0.15) is 0 Å². The van der Waals surface area contributed by atoms with Crippen LogP contribution in [0.1, 0.15) is 34.2 Å². The summed E-state index contributed by atoms with van der Waals surface area (Å²) in [5.74, 6) is 0.120. The van der Waals surface area contributed by atoms with E-state index in [4.69, 9.17) is 4.98 Å². The first-order valence-electron chi connectivity index (χ1n) is 10.1. The van der Waals surface area contributed by atoms with Gasteiger partial charge >= 0.3 is 0 Å². The van der Waals surface area contributed by atoms with Crippen molar-refractivity contribution >= 4 is 32.6 Å². The van der Waals surface area contributed by atoms with Gasteiger partial charge in [0.05, 0.1) is 16.6 Å². The first-order chi connectivity index (χ1) is 13.7. The lowest BCUT2D eigenvalue weighted by atomic mass is 9.97. The van der Waals surface area contributed by atoms with Crippen molar-refractivity contribution in [1.29, 1.82) is 0 Å². The number of amides is 1. The van der Waals surface area contributed by atoms with Crippen LogP contribution in [0, 0.1) is 27.7 Å². The predicted molar refractivity (Wildman–Crippen MR) is 124 cm³/mol. The van der Waals surface area contributed by atoms with Gasteiger partial charge in [-0.3, -0.25) is 9.69 Å². The van der Waals surface area contributed by atoms with E-state index >= 15 is 0 Å². The standard InChI is InChI=1S/C24H31N3OS/c1-16-8-9-21-22(14-16)29-24(25-21)27(11-7-10-26(5)6)23(28)15-20-18(3)12-17(2)13-19(20)4/h8-9,12-14H,7,10-11,15H2,1-6H3. The maximum atomic E-state index is 13.4. The highest BCUT2D eigenvalue weighted by atomic mass is 32.1. The molecule has 29 heavy (non-hydrogen) atoms. The number of aryl methyl sites for hydroxylation is 4. The van der Waals surface area contributed by atoms with Crippen molar-refractivity contribution in [2.24, 2.45) is 0 Å². The Labute approximate surface area is 178 Å². The predicted octanol–water partition coefficient (Wildman–Crippen LogP) is 5.06. The third-order valence-electron chi connectivity index (χ3n) is 5.22. The van der Waals surface area contributed by atoms with Gasteiger partial charge in [-0.2, -0.15) is 0 Å². The number of hydrogen-bond acceptors (Lipinski definition) is 4. The average molecular weight is 410 g/mol. The monoisotopic (exact) mass is 409 g/mol. The number of thiazole rings is 1. The molecule has 0 bridgehead atoms. The molecular weight excluding hydrogens is 378 g/mol. The van der Waals surface area contributed by atoms with E-state index in [1.165, 1.54) is 22.3 Å². The molecule has 0 saturated carbocycles. The number of rotatable bonds is 7. The lowest BCUT2D eigenvalue weighted by Gasteiger charge is -2.22. The Kier molecular flexibility index (Phi) is 6.70. The van der Waals surface area contributed by atoms with Crippen LogP contribution in [-0.2, 0) is 11.2 Å². The van der Waals surface area contributed by atoms with Crippen molar-refractivity contribution in [3.8, 4) is 0 Å². The van der Waals surface area contributed by atoms with Crippen LogP contribution in [-0.4, -0.2) is 43.0 Å². The minimum atomic E-state index is 0.120. The van der Waals surface area contributed by atoms with Crippen LogP contribution in [0.15, 0.2) is 30.3 Å². The third-order valence-corrected chi connectivity index (χ3v) is 6.26. The number of aromatic nitrogens is 1. The quantitative estimate of drug-likeness (QED) is 0.547. The van der Waals surface area contributed by atoms with Crippen molar-refractivity contribution in [3.05, 3.63) is 58.1 Å². The van der Waals surface area contributed by atoms with Crippen LogP contribution in [0.5, 0.6) is 0 Å². The van der Waals surface area contributed by atoms with Gasteiger partial charge in [-0.25, -0.2) is 4.98 Å². The topological polar surface area (TPSA) is 36.4 Å². The molecule has 0 atom stereocenters. The number of hydrogen-bond donors (Lipinski definition) is 0. The molecule has 5 heteroatoms. The maximum Gasteiger partial charge on any atom is 0.233 e. The minimum absolute atomic E-state index is 0.120. The fraction of sp³-hybridized carbons (Fsp3) is 0.417. The molecule has 2 aromatic carbocycles. The molecule has 0 saturated heterocycles. The lowest BCUT2D eigenvalue weighted by Crippen LogP contribution is -2.34. The zero-order valence-electron chi connectivity index (χ0n) is 18.4. The van der Waals surface area contributed by atoms with Crippen molar-refractivity contribution in [1.82, 2.24) is 9.88 Å². The van der Waals surface area contributed by atoms with E-state index in [1.54, 1.807) is 11.3 Å². The highest BCUT2D eigenvalue weighted by molar-refractivity contribution is 7.22. The number of carbonyl (C=O) groups is 1. The van der Waals surface area contributed by atoms with Crippen molar-refractivity contribution in [3.63, 3.8) is 0 Å². The van der Waals surface area contributed by atoms with Crippen LogP contribution in [0.25, 0.3) is 10.2 Å². The molecular formula is C24H31N3OS. The summed E-state index contributed by atoms with van der Waals surface area (Å²) in [5, 5.41) is 0.803. The molecule has 0 unspecified atom stereocenters. The number of carbonyl (C=O) groups excluding carboxylic acids is 1. The molecule has 0 aliphatic carbocycles. The molecule has 0 aliphatic rings. The second-order valence-corrected chi connectivity index (χ2v) is 9.23. The molecule has 1 heterocycles. The van der Waals surface area contributed by atoms with Gasteiger partial charge in [-0.15, -0.1) is 0 Å². The Bertz CT molecular complexity index is 999. The highest BCUT2D eigenvalue weighted by Gasteiger charge is 2.21. The summed E-state index contributed by atoms with van der Waals surface area (Å²) in [4.78, 5) is 22.2. The zero-order chi connectivity index (χ0) is 21.1. The second kappa shape index (κ2) is 9.06. The molecule has 0 N–H and O–H groups in total. The molecule has 0 fully saturated rings. The van der Waals surface area contributed by atoms with E-state index in [9.17, 15) is 4.79 Å². The highest BCUT2D eigenvalue weighted by Crippen LogP contribution is 2.30. The first-order valence-corrected chi connectivity index (χ1v) is 11.0. The summed E-state index contributed by atoms with van der Waals surface area (Å²) in [7, 11) is 4.12. The van der Waals surface area contributed by atoms with E-state index < -0.39 is 0 Å². The maximum absolute atomic E-state index is 13.4. The van der Waals surface area contributed by atoms with E-state index in [-0.39, 0.29) is 5.91 Å². The van der Waals surface area contributed by atoms with Crippen molar-refractivity contribution in [2.75, 3.05) is 32.1 Å². The molecule has 4 nitrogen and oxygen atoms in total. The first kappa shape index (κ1) is 21.5. The fourth-order valence-corrected chi connectivity index (χ4v) is 4.85. The van der Waals surface area contributed by atoms with E-state index in [0.29, 0.717) is 13.0 Å². The molecule has 1 aromatic heterocycles. The molecule has 0 spiro atoms. The number of anilines is 1. The van der Waals surface area contributed by atoms with Crippen LogP contribution in [0.3, 0.4) is 0 Å². The average Bonchev–Trinajstić information content (AvgIpc) is 3.03. The minimum Gasteiger partial charge on any atom is -0.309 e. The fourth-order valence-electron chi connectivity index (χ4n) is 3.74. The summed E-state index contributed by atoms with van der Waals surface area (Å²) in [6.07, 6.45) is 1.33. The Morgan fingerprint density at radius 3 is 2.31 bits per heavy atom. The number of nitrogens with zero attached hydrogens (tertiary/aromatic N) is 3. The molecule has 0 radical (unpaired) electrons. The van der Waals surface area contributed by atoms with Gasteiger partial charge in [-0.05, 0) is 89.1 Å². The third kappa shape index (κ3) is 5.22. The summed E-state index contributed by atoms with van der Waals surface area (Å²) in [6.45, 7) is 10.00. The van der Waals surface area contributed by atoms with Gasteiger partial charge < -0.3 is 4.90 Å². The smallest absolute Gasteiger partial charge is 0.233 e. The Balaban J connectivity index is 1.90. The Morgan fingerprint density at radius 2 is 1.66 bits per heavy atom. The molecule has 3 rings (SSSR count). The van der Waals surface area contributed by atoms with Gasteiger partial charge in [0, 0.05) is 6.54 Å². The van der Waals surface area contributed by atoms with E-state index in [2.05, 4.69) is 71.0 Å². The summed E-state index contributed by atoms with van der Waals surface area (Å²) in [6, 6.07) is 10.6. The van der Waals surface area contributed by atoms with Gasteiger partial charge in [0.2, 0.25) is 5.91 Å². The van der Waals surface area contributed by atoms with E-state index in [1.807, 2.05) is 11.0 Å². The SMILES string of the molecule is Cc1cc(C)c(CC(=O)N(CCCN(C)C)c2nc3ccc(C)cc3s2)c(C)c1. The van der Waals surface area contributed by atoms with Crippen LogP contribution >= 0.6 is 11.3 Å². The second-order valence-electron chi connectivity index (χ2n) is 8.22. The number of fused-ring (bicyclic) bond motifs is 1. The largest absolute Gasteiger partial charge is 0.309 e. The molecule has 0 aliphatic heterocycles. The van der Waals surface area contributed by atoms with Gasteiger partial charge in [0.25, 0.3) is 0 Å². The van der Waals surface area contributed by atoms with Gasteiger partial charge in [-0.1, -0.05) is 35.1 Å². The van der Waals surface area contributed by atoms with Gasteiger partial charge in [0.15, 0.2) is 5.13 Å². The molecule has 1 amide bonds. The zero-order valence-corrected chi connectivity index (χ0v) is 19.2. The Hall–Kier alpha value is -2.24. The van der Waals surface area contributed by atoms with Crippen LogP contribution in [0.4, 0.5) is 5.13 Å². The number of benzene rings is 2. The Morgan fingerprint density at radius 1 is 0.966 bits per heavy atom. The summed E-state index contributed by atoms with van der Waals surface area (Å²) < 4.78 is 1.13. The summed E-state index contributed by atoms with van der Waals surface area (Å²) >= 11 is 1.61. The molecule has 3 aromatic rings.